The number of nitrogens with zero attached hydrogens (tertiary/aromatic N) is 1. The van der Waals surface area contributed by atoms with Crippen LogP contribution in [0, 0.1) is 0 Å². The molecule has 0 atom stereocenters. The molecule has 0 aliphatic rings. The van der Waals surface area contributed by atoms with Crippen molar-refractivity contribution in [2.24, 2.45) is 12.8 Å². The SMILES string of the molecule is C[n+]1cccc(NC(=S)NC(N)=S)c1.[Cl-]. The summed E-state index contributed by atoms with van der Waals surface area (Å²) in [5, 5.41) is 6.12. The van der Waals surface area contributed by atoms with E-state index >= 15 is 0 Å². The molecule has 82 valence electrons. The van der Waals surface area contributed by atoms with Crippen LogP contribution in [0.1, 0.15) is 0 Å². The highest BCUT2D eigenvalue weighted by Gasteiger charge is 2.00. The topological polar surface area (TPSA) is 54.0 Å². The number of aryl methyl sites for hydroxylation is 1. The number of rotatable bonds is 1. The largest absolute Gasteiger partial charge is 1.00 e. The van der Waals surface area contributed by atoms with Crippen LogP contribution < -0.4 is 33.3 Å². The number of anilines is 1. The van der Waals surface area contributed by atoms with E-state index in [-0.39, 0.29) is 17.5 Å². The van der Waals surface area contributed by atoms with E-state index in [9.17, 15) is 0 Å². The lowest BCUT2D eigenvalue weighted by atomic mass is 10.4. The first-order valence-electron chi connectivity index (χ1n) is 3.90. The molecule has 0 aromatic carbocycles. The summed E-state index contributed by atoms with van der Waals surface area (Å²) in [6.45, 7) is 0. The van der Waals surface area contributed by atoms with Crippen LogP contribution in [0.25, 0.3) is 0 Å². The van der Waals surface area contributed by atoms with Gasteiger partial charge in [-0.15, -0.1) is 0 Å². The van der Waals surface area contributed by atoms with Crippen molar-refractivity contribution in [3.8, 4) is 0 Å². The van der Waals surface area contributed by atoms with Crippen molar-refractivity contribution >= 4 is 40.3 Å². The van der Waals surface area contributed by atoms with E-state index < -0.39 is 0 Å². The van der Waals surface area contributed by atoms with E-state index in [2.05, 4.69) is 22.9 Å². The van der Waals surface area contributed by atoms with Crippen molar-refractivity contribution < 1.29 is 17.0 Å². The zero-order valence-electron chi connectivity index (χ0n) is 8.03. The van der Waals surface area contributed by atoms with E-state index in [0.717, 1.165) is 5.69 Å². The number of nitrogens with two attached hydrogens (primary N) is 1. The van der Waals surface area contributed by atoms with E-state index in [1.807, 2.05) is 36.1 Å². The van der Waals surface area contributed by atoms with Crippen LogP contribution in [0.15, 0.2) is 24.5 Å². The third-order valence-electron chi connectivity index (χ3n) is 1.43. The van der Waals surface area contributed by atoms with Crippen LogP contribution in [0.5, 0.6) is 0 Å². The molecule has 0 aliphatic heterocycles. The van der Waals surface area contributed by atoms with Crippen LogP contribution in [0.3, 0.4) is 0 Å². The Morgan fingerprint density at radius 3 is 2.67 bits per heavy atom. The molecular formula is C8H11ClN4S2. The van der Waals surface area contributed by atoms with Crippen molar-refractivity contribution in [1.29, 1.82) is 0 Å². The molecule has 1 aromatic heterocycles. The molecule has 1 heterocycles. The molecule has 1 aromatic rings. The van der Waals surface area contributed by atoms with Gasteiger partial charge < -0.3 is 28.8 Å². The van der Waals surface area contributed by atoms with E-state index in [1.165, 1.54) is 0 Å². The fraction of sp³-hybridized carbons (Fsp3) is 0.125. The summed E-state index contributed by atoms with van der Waals surface area (Å²) in [7, 11) is 1.93. The fourth-order valence-corrected chi connectivity index (χ4v) is 1.33. The van der Waals surface area contributed by atoms with Gasteiger partial charge in [-0.25, -0.2) is 4.57 Å². The van der Waals surface area contributed by atoms with Crippen LogP contribution in [0.4, 0.5) is 5.69 Å². The number of hydrogen-bond donors (Lipinski definition) is 3. The summed E-state index contributed by atoms with van der Waals surface area (Å²) in [5.41, 5.74) is 6.14. The minimum absolute atomic E-state index is 0. The summed E-state index contributed by atoms with van der Waals surface area (Å²) >= 11 is 9.60. The number of hydrogen-bond acceptors (Lipinski definition) is 2. The van der Waals surface area contributed by atoms with Gasteiger partial charge in [-0.3, -0.25) is 0 Å². The summed E-state index contributed by atoms with van der Waals surface area (Å²) in [4.78, 5) is 0. The molecule has 4 N–H and O–H groups in total. The molecule has 7 heteroatoms. The Kier molecular flexibility index (Phi) is 6.07. The van der Waals surface area contributed by atoms with Crippen molar-refractivity contribution in [1.82, 2.24) is 5.32 Å². The van der Waals surface area contributed by atoms with Crippen LogP contribution >= 0.6 is 24.4 Å². The Labute approximate surface area is 105 Å². The molecule has 0 fully saturated rings. The maximum Gasteiger partial charge on any atom is 0.192 e. The predicted octanol–water partition coefficient (Wildman–Crippen LogP) is -2.95. The lowest BCUT2D eigenvalue weighted by Crippen LogP contribution is -3.00. The number of pyridine rings is 1. The number of halogens is 1. The van der Waals surface area contributed by atoms with Crippen LogP contribution in [0.2, 0.25) is 0 Å². The molecule has 0 saturated carbocycles. The standard InChI is InChI=1S/C8H10N4S2.ClH/c1-12-4-2-3-6(5-12)10-8(14)11-7(9)13;/h2-5H,1H3,(H3-,9,10,11,13,14);1H. The van der Waals surface area contributed by atoms with Crippen molar-refractivity contribution in [3.63, 3.8) is 0 Å². The van der Waals surface area contributed by atoms with Gasteiger partial charge >= 0.3 is 0 Å². The Balaban J connectivity index is 0.00000196. The number of nitrogens with one attached hydrogen (secondary N) is 2. The molecule has 0 saturated heterocycles. The summed E-state index contributed by atoms with van der Waals surface area (Å²) in [5.74, 6) is 0. The van der Waals surface area contributed by atoms with Gasteiger partial charge in [0, 0.05) is 6.07 Å². The van der Waals surface area contributed by atoms with Gasteiger partial charge in [0.2, 0.25) is 0 Å². The second-order valence-corrected chi connectivity index (χ2v) is 3.55. The first-order chi connectivity index (χ1) is 6.58. The normalized spacial score (nSPS) is 8.60. The minimum Gasteiger partial charge on any atom is -1.00 e. The third-order valence-corrected chi connectivity index (χ3v) is 1.74. The van der Waals surface area contributed by atoms with E-state index in [1.54, 1.807) is 0 Å². The maximum atomic E-state index is 5.26. The zero-order chi connectivity index (χ0) is 10.6. The van der Waals surface area contributed by atoms with Gasteiger partial charge in [0.25, 0.3) is 0 Å². The molecule has 4 nitrogen and oxygen atoms in total. The van der Waals surface area contributed by atoms with Gasteiger partial charge in [-0.2, -0.15) is 0 Å². The number of thiocarbonyl (C=S) groups is 2. The third kappa shape index (κ3) is 5.46. The first kappa shape index (κ1) is 14.0. The van der Waals surface area contributed by atoms with Gasteiger partial charge in [-0.05, 0) is 30.5 Å². The molecule has 0 aliphatic carbocycles. The Hall–Kier alpha value is -0.980. The van der Waals surface area contributed by atoms with Crippen molar-refractivity contribution in [2.75, 3.05) is 5.32 Å². The average molecular weight is 263 g/mol. The molecule has 0 radical (unpaired) electrons. The molecule has 0 amide bonds. The van der Waals surface area contributed by atoms with Crippen LogP contribution in [-0.2, 0) is 7.05 Å². The second-order valence-electron chi connectivity index (χ2n) is 2.70. The summed E-state index contributed by atoms with van der Waals surface area (Å²) in [6.07, 6.45) is 3.82. The van der Waals surface area contributed by atoms with Gasteiger partial charge in [0.15, 0.2) is 22.6 Å². The second kappa shape index (κ2) is 6.49. The zero-order valence-corrected chi connectivity index (χ0v) is 10.4. The van der Waals surface area contributed by atoms with Crippen molar-refractivity contribution in [3.05, 3.63) is 24.5 Å². The highest BCUT2D eigenvalue weighted by atomic mass is 35.5. The molecule has 0 bridgehead atoms. The van der Waals surface area contributed by atoms with Gasteiger partial charge in [0.1, 0.15) is 12.7 Å². The first-order valence-corrected chi connectivity index (χ1v) is 4.72. The Morgan fingerprint density at radius 1 is 1.47 bits per heavy atom. The molecular weight excluding hydrogens is 252 g/mol. The van der Waals surface area contributed by atoms with E-state index in [0.29, 0.717) is 5.11 Å². The molecule has 15 heavy (non-hydrogen) atoms. The summed E-state index contributed by atoms with van der Waals surface area (Å²) < 4.78 is 1.91. The smallest absolute Gasteiger partial charge is 0.192 e. The van der Waals surface area contributed by atoms with E-state index in [4.69, 9.17) is 18.0 Å². The summed E-state index contributed by atoms with van der Waals surface area (Å²) in [6, 6.07) is 3.80. The van der Waals surface area contributed by atoms with Crippen molar-refractivity contribution in [2.45, 2.75) is 0 Å². The predicted molar refractivity (Wildman–Crippen MR) is 63.8 cm³/mol. The fourth-order valence-electron chi connectivity index (χ4n) is 0.936. The number of aromatic nitrogens is 1. The van der Waals surface area contributed by atoms with Gasteiger partial charge in [0.05, 0.1) is 0 Å². The average Bonchev–Trinajstić information content (AvgIpc) is 2.01. The molecule has 0 unspecified atom stereocenters. The monoisotopic (exact) mass is 262 g/mol. The Morgan fingerprint density at radius 2 is 2.13 bits per heavy atom. The lowest BCUT2D eigenvalue weighted by molar-refractivity contribution is -0.670. The molecule has 0 spiro atoms. The Bertz CT molecular complexity index is 369. The lowest BCUT2D eigenvalue weighted by Gasteiger charge is -2.06. The highest BCUT2D eigenvalue weighted by Crippen LogP contribution is 2.00. The maximum absolute atomic E-state index is 5.26. The van der Waals surface area contributed by atoms with Crippen LogP contribution in [-0.4, -0.2) is 10.2 Å². The molecule has 1 rings (SSSR count). The highest BCUT2D eigenvalue weighted by molar-refractivity contribution is 7.82. The van der Waals surface area contributed by atoms with Gasteiger partial charge in [-0.1, -0.05) is 0 Å². The quantitative estimate of drug-likeness (QED) is 0.373. The minimum atomic E-state index is 0.